The number of halogens is 3. The number of nitrogens with zero attached hydrogens (tertiary/aromatic N) is 4. The molecule has 0 bridgehead atoms. The molecule has 0 spiro atoms. The van der Waals surface area contributed by atoms with Gasteiger partial charge in [0.2, 0.25) is 0 Å². The zero-order chi connectivity index (χ0) is 19.9. The molecule has 0 N–H and O–H groups in total. The summed E-state index contributed by atoms with van der Waals surface area (Å²) in [4.78, 5) is 25.3. The van der Waals surface area contributed by atoms with Crippen molar-refractivity contribution in [2.75, 3.05) is 24.5 Å². The number of rotatable bonds is 2. The molecular formula is C20H21F3N4O. The van der Waals surface area contributed by atoms with Gasteiger partial charge in [0.15, 0.2) is 0 Å². The smallest absolute Gasteiger partial charge is 0.354 e. The van der Waals surface area contributed by atoms with Crippen LogP contribution in [-0.4, -0.2) is 46.5 Å². The summed E-state index contributed by atoms with van der Waals surface area (Å²) in [5, 5.41) is 0. The Balaban J connectivity index is 1.59. The Morgan fingerprint density at radius 2 is 1.89 bits per heavy atom. The van der Waals surface area contributed by atoms with E-state index in [2.05, 4.69) is 14.9 Å². The van der Waals surface area contributed by atoms with Crippen LogP contribution in [0.5, 0.6) is 0 Å². The molecule has 1 aromatic carbocycles. The average Bonchev–Trinajstić information content (AvgIpc) is 3.10. The topological polar surface area (TPSA) is 49.3 Å². The first-order chi connectivity index (χ1) is 13.3. The van der Waals surface area contributed by atoms with Crippen molar-refractivity contribution in [1.82, 2.24) is 14.9 Å². The summed E-state index contributed by atoms with van der Waals surface area (Å²) in [5.41, 5.74) is -1.15. The number of likely N-dealkylation sites (tertiary alicyclic amines) is 1. The van der Waals surface area contributed by atoms with E-state index in [0.717, 1.165) is 31.3 Å². The van der Waals surface area contributed by atoms with Gasteiger partial charge in [0.1, 0.15) is 11.6 Å². The molecule has 28 heavy (non-hydrogen) atoms. The predicted octanol–water partition coefficient (Wildman–Crippen LogP) is 3.54. The van der Waals surface area contributed by atoms with Gasteiger partial charge in [-0.3, -0.25) is 4.79 Å². The van der Waals surface area contributed by atoms with Crippen molar-refractivity contribution >= 4 is 11.7 Å². The summed E-state index contributed by atoms with van der Waals surface area (Å²) < 4.78 is 40.1. The van der Waals surface area contributed by atoms with Gasteiger partial charge in [-0.1, -0.05) is 12.1 Å². The first-order valence-electron chi connectivity index (χ1n) is 9.36. The maximum absolute atomic E-state index is 13.4. The lowest BCUT2D eigenvalue weighted by Gasteiger charge is -2.39. The maximum Gasteiger partial charge on any atom is 0.417 e. The molecule has 148 valence electrons. The van der Waals surface area contributed by atoms with Gasteiger partial charge in [0.25, 0.3) is 5.91 Å². The summed E-state index contributed by atoms with van der Waals surface area (Å²) in [6, 6.07) is 6.74. The van der Waals surface area contributed by atoms with E-state index in [1.54, 1.807) is 11.1 Å². The summed E-state index contributed by atoms with van der Waals surface area (Å²) in [7, 11) is 0. The van der Waals surface area contributed by atoms with E-state index in [-0.39, 0.29) is 11.6 Å². The summed E-state index contributed by atoms with van der Waals surface area (Å²) >= 11 is 0. The molecule has 2 aliphatic heterocycles. The molecule has 2 unspecified atom stereocenters. The molecular weight excluding hydrogens is 369 g/mol. The summed E-state index contributed by atoms with van der Waals surface area (Å²) in [5.74, 6) is 1.22. The Labute approximate surface area is 161 Å². The second-order valence-electron chi connectivity index (χ2n) is 7.35. The molecule has 0 saturated carbocycles. The number of amides is 1. The highest BCUT2D eigenvalue weighted by Gasteiger charge is 2.43. The van der Waals surface area contributed by atoms with Crippen LogP contribution in [0.25, 0.3) is 0 Å². The third kappa shape index (κ3) is 3.43. The van der Waals surface area contributed by atoms with Gasteiger partial charge < -0.3 is 9.80 Å². The van der Waals surface area contributed by atoms with Crippen LogP contribution >= 0.6 is 0 Å². The minimum atomic E-state index is -4.55. The lowest BCUT2D eigenvalue weighted by molar-refractivity contribution is -0.138. The number of hydrogen-bond donors (Lipinski definition) is 0. The van der Waals surface area contributed by atoms with Gasteiger partial charge in [-0.25, -0.2) is 9.97 Å². The molecule has 4 rings (SSSR count). The average molecular weight is 390 g/mol. The molecule has 2 aliphatic rings. The van der Waals surface area contributed by atoms with Gasteiger partial charge in [0.05, 0.1) is 17.2 Å². The van der Waals surface area contributed by atoms with E-state index < -0.39 is 17.6 Å². The van der Waals surface area contributed by atoms with Crippen LogP contribution in [0.4, 0.5) is 19.0 Å². The Bertz CT molecular complexity index is 886. The fourth-order valence-electron chi connectivity index (χ4n) is 4.29. The normalized spacial score (nSPS) is 22.3. The number of anilines is 1. The van der Waals surface area contributed by atoms with Crippen LogP contribution in [-0.2, 0) is 6.18 Å². The van der Waals surface area contributed by atoms with Crippen molar-refractivity contribution in [3.8, 4) is 0 Å². The van der Waals surface area contributed by atoms with Crippen molar-refractivity contribution in [1.29, 1.82) is 0 Å². The van der Waals surface area contributed by atoms with Gasteiger partial charge in [0, 0.05) is 25.8 Å². The van der Waals surface area contributed by atoms with Crippen molar-refractivity contribution in [3.63, 3.8) is 0 Å². The van der Waals surface area contributed by atoms with Crippen LogP contribution in [0.2, 0.25) is 0 Å². The molecule has 3 heterocycles. The SMILES string of the molecule is Cc1nccc(N2CCC3CCN(C(=O)c4ccccc4C(F)(F)F)C3C2)n1. The van der Waals surface area contributed by atoms with Crippen molar-refractivity contribution in [2.24, 2.45) is 5.92 Å². The minimum absolute atomic E-state index is 0.113. The lowest BCUT2D eigenvalue weighted by Crippen LogP contribution is -2.50. The molecule has 2 saturated heterocycles. The molecule has 2 atom stereocenters. The van der Waals surface area contributed by atoms with E-state index in [4.69, 9.17) is 0 Å². The highest BCUT2D eigenvalue weighted by Crippen LogP contribution is 2.37. The standard InChI is InChI=1S/C20H21F3N4O/c1-13-24-9-6-18(25-13)26-10-7-14-8-11-27(17(14)12-26)19(28)15-4-2-3-5-16(15)20(21,22)23/h2-6,9,14,17H,7-8,10-12H2,1H3. The van der Waals surface area contributed by atoms with Crippen molar-refractivity contribution < 1.29 is 18.0 Å². The van der Waals surface area contributed by atoms with E-state index in [1.807, 2.05) is 13.0 Å². The predicted molar refractivity (Wildman–Crippen MR) is 98.0 cm³/mol. The van der Waals surface area contributed by atoms with Gasteiger partial charge in [-0.05, 0) is 43.9 Å². The zero-order valence-corrected chi connectivity index (χ0v) is 15.5. The van der Waals surface area contributed by atoms with E-state index >= 15 is 0 Å². The number of carbonyl (C=O) groups excluding carboxylic acids is 1. The lowest BCUT2D eigenvalue weighted by atomic mass is 9.92. The molecule has 1 aromatic heterocycles. The van der Waals surface area contributed by atoms with Crippen LogP contribution < -0.4 is 4.90 Å². The van der Waals surface area contributed by atoms with Crippen LogP contribution in [0.15, 0.2) is 36.5 Å². The highest BCUT2D eigenvalue weighted by molar-refractivity contribution is 5.96. The van der Waals surface area contributed by atoms with Gasteiger partial charge in [-0.2, -0.15) is 13.2 Å². The first-order valence-corrected chi connectivity index (χ1v) is 9.36. The third-order valence-corrected chi connectivity index (χ3v) is 5.67. The Morgan fingerprint density at radius 1 is 1.14 bits per heavy atom. The summed E-state index contributed by atoms with van der Waals surface area (Å²) in [6.07, 6.45) is -1.15. The zero-order valence-electron chi connectivity index (χ0n) is 15.5. The number of aryl methyl sites for hydroxylation is 1. The van der Waals surface area contributed by atoms with Gasteiger partial charge in [-0.15, -0.1) is 0 Å². The number of carbonyl (C=O) groups is 1. The monoisotopic (exact) mass is 390 g/mol. The Hall–Kier alpha value is -2.64. The quantitative estimate of drug-likeness (QED) is 0.787. The first kappa shape index (κ1) is 18.7. The molecule has 2 aromatic rings. The van der Waals surface area contributed by atoms with Crippen molar-refractivity contribution in [3.05, 3.63) is 53.5 Å². The molecule has 2 fully saturated rings. The second kappa shape index (κ2) is 7.07. The number of aromatic nitrogens is 2. The number of hydrogen-bond acceptors (Lipinski definition) is 4. The Morgan fingerprint density at radius 3 is 2.64 bits per heavy atom. The summed E-state index contributed by atoms with van der Waals surface area (Å²) in [6.45, 7) is 3.69. The maximum atomic E-state index is 13.4. The fraction of sp³-hybridized carbons (Fsp3) is 0.450. The van der Waals surface area contributed by atoms with Crippen LogP contribution in [0, 0.1) is 12.8 Å². The van der Waals surface area contributed by atoms with E-state index in [9.17, 15) is 18.0 Å². The third-order valence-electron chi connectivity index (χ3n) is 5.67. The molecule has 0 radical (unpaired) electrons. The van der Waals surface area contributed by atoms with Crippen molar-refractivity contribution in [2.45, 2.75) is 32.0 Å². The molecule has 1 amide bonds. The van der Waals surface area contributed by atoms with E-state index in [1.165, 1.54) is 18.2 Å². The fourth-order valence-corrected chi connectivity index (χ4v) is 4.29. The molecule has 8 heteroatoms. The molecule has 5 nitrogen and oxygen atoms in total. The highest BCUT2D eigenvalue weighted by atomic mass is 19.4. The van der Waals surface area contributed by atoms with Gasteiger partial charge >= 0.3 is 6.18 Å². The number of alkyl halides is 3. The number of piperidine rings is 1. The minimum Gasteiger partial charge on any atom is -0.354 e. The second-order valence-corrected chi connectivity index (χ2v) is 7.35. The van der Waals surface area contributed by atoms with Crippen LogP contribution in [0.1, 0.15) is 34.6 Å². The number of fused-ring (bicyclic) bond motifs is 1. The number of benzene rings is 1. The Kier molecular flexibility index (Phi) is 4.72. The van der Waals surface area contributed by atoms with Crippen LogP contribution in [0.3, 0.4) is 0 Å². The largest absolute Gasteiger partial charge is 0.417 e. The van der Waals surface area contributed by atoms with E-state index in [0.29, 0.717) is 24.8 Å². The molecule has 0 aliphatic carbocycles.